The maximum absolute atomic E-state index is 13.5. The SMILES string of the molecule is Cc1cc(Cl)nc(Cl)c1NC(=O)Cc1ccccc1F. The van der Waals surface area contributed by atoms with Gasteiger partial charge >= 0.3 is 0 Å². The number of pyridine rings is 1. The van der Waals surface area contributed by atoms with E-state index in [2.05, 4.69) is 10.3 Å². The number of aromatic nitrogens is 1. The van der Waals surface area contributed by atoms with Crippen molar-refractivity contribution < 1.29 is 9.18 Å². The molecule has 3 nitrogen and oxygen atoms in total. The second-order valence-corrected chi connectivity index (χ2v) is 4.99. The highest BCUT2D eigenvalue weighted by atomic mass is 35.5. The number of carbonyl (C=O) groups is 1. The molecule has 0 radical (unpaired) electrons. The van der Waals surface area contributed by atoms with Crippen LogP contribution in [0, 0.1) is 12.7 Å². The van der Waals surface area contributed by atoms with Crippen molar-refractivity contribution in [2.45, 2.75) is 13.3 Å². The molecule has 0 fully saturated rings. The first-order chi connectivity index (χ1) is 9.47. The Bertz CT molecular complexity index is 638. The topological polar surface area (TPSA) is 42.0 Å². The van der Waals surface area contributed by atoms with Crippen LogP contribution in [-0.4, -0.2) is 10.9 Å². The number of nitrogens with zero attached hydrogens (tertiary/aromatic N) is 1. The van der Waals surface area contributed by atoms with Crippen molar-refractivity contribution in [2.75, 3.05) is 5.32 Å². The van der Waals surface area contributed by atoms with E-state index in [4.69, 9.17) is 23.2 Å². The van der Waals surface area contributed by atoms with Crippen LogP contribution in [0.1, 0.15) is 11.1 Å². The average molecular weight is 313 g/mol. The summed E-state index contributed by atoms with van der Waals surface area (Å²) in [6.45, 7) is 1.75. The molecule has 0 aliphatic heterocycles. The number of nitrogens with one attached hydrogen (secondary N) is 1. The Balaban J connectivity index is 2.15. The smallest absolute Gasteiger partial charge is 0.228 e. The lowest BCUT2D eigenvalue weighted by Crippen LogP contribution is -2.16. The minimum atomic E-state index is -0.417. The first-order valence-corrected chi connectivity index (χ1v) is 6.59. The number of aryl methyl sites for hydroxylation is 1. The third kappa shape index (κ3) is 3.46. The number of anilines is 1. The van der Waals surface area contributed by atoms with Gasteiger partial charge in [0.15, 0.2) is 5.15 Å². The Morgan fingerprint density at radius 3 is 2.70 bits per heavy atom. The predicted octanol–water partition coefficient (Wildman–Crippen LogP) is 4.02. The largest absolute Gasteiger partial charge is 0.323 e. The fourth-order valence-electron chi connectivity index (χ4n) is 1.74. The van der Waals surface area contributed by atoms with Gasteiger partial charge in [0.1, 0.15) is 11.0 Å². The second-order valence-electron chi connectivity index (χ2n) is 4.24. The molecule has 2 aromatic rings. The van der Waals surface area contributed by atoms with Crippen molar-refractivity contribution in [1.29, 1.82) is 0 Å². The Morgan fingerprint density at radius 1 is 1.35 bits per heavy atom. The molecule has 0 unspecified atom stereocenters. The van der Waals surface area contributed by atoms with Crippen LogP contribution in [0.4, 0.5) is 10.1 Å². The highest BCUT2D eigenvalue weighted by Crippen LogP contribution is 2.26. The van der Waals surface area contributed by atoms with Gasteiger partial charge in [-0.3, -0.25) is 4.79 Å². The zero-order valence-electron chi connectivity index (χ0n) is 10.6. The summed E-state index contributed by atoms with van der Waals surface area (Å²) < 4.78 is 13.5. The van der Waals surface area contributed by atoms with Crippen LogP contribution in [0.15, 0.2) is 30.3 Å². The monoisotopic (exact) mass is 312 g/mol. The van der Waals surface area contributed by atoms with Crippen LogP contribution in [-0.2, 0) is 11.2 Å². The summed E-state index contributed by atoms with van der Waals surface area (Å²) in [6, 6.07) is 7.70. The normalized spacial score (nSPS) is 10.4. The first kappa shape index (κ1) is 14.8. The van der Waals surface area contributed by atoms with Crippen LogP contribution < -0.4 is 5.32 Å². The molecular weight excluding hydrogens is 302 g/mol. The summed E-state index contributed by atoms with van der Waals surface area (Å²) in [6.07, 6.45) is -0.0783. The Morgan fingerprint density at radius 2 is 2.05 bits per heavy atom. The van der Waals surface area contributed by atoms with Crippen molar-refractivity contribution >= 4 is 34.8 Å². The molecule has 1 aromatic carbocycles. The second kappa shape index (κ2) is 6.20. The molecule has 1 aromatic heterocycles. The average Bonchev–Trinajstić information content (AvgIpc) is 2.36. The molecule has 1 amide bonds. The third-order valence-corrected chi connectivity index (χ3v) is 3.18. The van der Waals surface area contributed by atoms with Crippen molar-refractivity contribution in [2.24, 2.45) is 0 Å². The fourth-order valence-corrected chi connectivity index (χ4v) is 2.32. The molecule has 1 N–H and O–H groups in total. The maximum Gasteiger partial charge on any atom is 0.228 e. The lowest BCUT2D eigenvalue weighted by Gasteiger charge is -2.10. The molecular formula is C14H11Cl2FN2O. The predicted molar refractivity (Wildman–Crippen MR) is 77.7 cm³/mol. The molecule has 1 heterocycles. The van der Waals surface area contributed by atoms with Gasteiger partial charge in [0.25, 0.3) is 0 Å². The molecule has 6 heteroatoms. The summed E-state index contributed by atoms with van der Waals surface area (Å²) in [5, 5.41) is 2.98. The Hall–Kier alpha value is -1.65. The molecule has 0 aliphatic rings. The molecule has 20 heavy (non-hydrogen) atoms. The van der Waals surface area contributed by atoms with Gasteiger partial charge in [-0.1, -0.05) is 41.4 Å². The van der Waals surface area contributed by atoms with Gasteiger partial charge in [0.2, 0.25) is 5.91 Å². The van der Waals surface area contributed by atoms with Gasteiger partial charge in [-0.05, 0) is 30.2 Å². The number of hydrogen-bond donors (Lipinski definition) is 1. The number of hydrogen-bond acceptors (Lipinski definition) is 2. The fraction of sp³-hybridized carbons (Fsp3) is 0.143. The van der Waals surface area contributed by atoms with Gasteiger partial charge in [0.05, 0.1) is 12.1 Å². The van der Waals surface area contributed by atoms with Gasteiger partial charge in [-0.25, -0.2) is 9.37 Å². The van der Waals surface area contributed by atoms with E-state index in [1.807, 2.05) is 0 Å². The van der Waals surface area contributed by atoms with E-state index in [9.17, 15) is 9.18 Å². The Labute approximate surface area is 125 Å². The van der Waals surface area contributed by atoms with E-state index in [1.54, 1.807) is 31.2 Å². The van der Waals surface area contributed by atoms with Gasteiger partial charge in [0, 0.05) is 0 Å². The van der Waals surface area contributed by atoms with Crippen LogP contribution in [0.3, 0.4) is 0 Å². The molecule has 0 aliphatic carbocycles. The highest BCUT2D eigenvalue weighted by Gasteiger charge is 2.13. The van der Waals surface area contributed by atoms with E-state index < -0.39 is 5.82 Å². The number of benzene rings is 1. The van der Waals surface area contributed by atoms with Crippen molar-refractivity contribution in [3.05, 3.63) is 57.6 Å². The van der Waals surface area contributed by atoms with E-state index in [-0.39, 0.29) is 22.6 Å². The minimum Gasteiger partial charge on any atom is -0.323 e. The summed E-state index contributed by atoms with van der Waals surface area (Å²) in [5.74, 6) is -0.788. The van der Waals surface area contributed by atoms with Gasteiger partial charge < -0.3 is 5.32 Å². The molecule has 104 valence electrons. The van der Waals surface area contributed by atoms with Crippen LogP contribution in [0.2, 0.25) is 10.3 Å². The van der Waals surface area contributed by atoms with Crippen molar-refractivity contribution in [3.8, 4) is 0 Å². The molecule has 0 atom stereocenters. The van der Waals surface area contributed by atoms with Crippen LogP contribution >= 0.6 is 23.2 Å². The molecule has 0 bridgehead atoms. The Kier molecular flexibility index (Phi) is 4.57. The molecule has 0 spiro atoms. The number of rotatable bonds is 3. The number of carbonyl (C=O) groups excluding carboxylic acids is 1. The lowest BCUT2D eigenvalue weighted by molar-refractivity contribution is -0.115. The zero-order chi connectivity index (χ0) is 14.7. The summed E-state index contributed by atoms with van der Waals surface area (Å²) in [4.78, 5) is 15.8. The quantitative estimate of drug-likeness (QED) is 0.870. The molecule has 0 saturated heterocycles. The first-order valence-electron chi connectivity index (χ1n) is 5.83. The molecule has 2 rings (SSSR count). The van der Waals surface area contributed by atoms with E-state index >= 15 is 0 Å². The number of amides is 1. The number of halogens is 3. The van der Waals surface area contributed by atoms with Crippen LogP contribution in [0.25, 0.3) is 0 Å². The maximum atomic E-state index is 13.5. The van der Waals surface area contributed by atoms with Crippen LogP contribution in [0.5, 0.6) is 0 Å². The van der Waals surface area contributed by atoms with Crippen molar-refractivity contribution in [3.63, 3.8) is 0 Å². The van der Waals surface area contributed by atoms with E-state index in [1.165, 1.54) is 6.07 Å². The van der Waals surface area contributed by atoms with Gasteiger partial charge in [-0.15, -0.1) is 0 Å². The van der Waals surface area contributed by atoms with E-state index in [0.717, 1.165) is 0 Å². The van der Waals surface area contributed by atoms with E-state index in [0.29, 0.717) is 16.8 Å². The molecule has 0 saturated carbocycles. The standard InChI is InChI=1S/C14H11Cl2FN2O/c1-8-6-11(15)18-14(16)13(8)19-12(20)7-9-4-2-3-5-10(9)17/h2-6H,7H2,1H3,(H,19,20). The highest BCUT2D eigenvalue weighted by molar-refractivity contribution is 6.34. The minimum absolute atomic E-state index is 0.0783. The van der Waals surface area contributed by atoms with Crippen molar-refractivity contribution in [1.82, 2.24) is 4.98 Å². The van der Waals surface area contributed by atoms with Gasteiger partial charge in [-0.2, -0.15) is 0 Å². The lowest BCUT2D eigenvalue weighted by atomic mass is 10.1. The third-order valence-electron chi connectivity index (χ3n) is 2.71. The summed E-state index contributed by atoms with van der Waals surface area (Å²) >= 11 is 11.7. The zero-order valence-corrected chi connectivity index (χ0v) is 12.1. The summed E-state index contributed by atoms with van der Waals surface area (Å²) in [5.41, 5.74) is 1.40. The summed E-state index contributed by atoms with van der Waals surface area (Å²) in [7, 11) is 0.